The van der Waals surface area contributed by atoms with Gasteiger partial charge in [-0.2, -0.15) is 0 Å². The van der Waals surface area contributed by atoms with Gasteiger partial charge in [-0.1, -0.05) is 12.1 Å². The molecule has 100 valence electrons. The van der Waals surface area contributed by atoms with Gasteiger partial charge in [-0.15, -0.1) is 0 Å². The average Bonchev–Trinajstić information content (AvgIpc) is 2.36. The van der Waals surface area contributed by atoms with Gasteiger partial charge in [-0.3, -0.25) is 9.80 Å². The molecule has 0 atom stereocenters. The van der Waals surface area contributed by atoms with Gasteiger partial charge in [0.1, 0.15) is 0 Å². The molecule has 0 amide bonds. The van der Waals surface area contributed by atoms with E-state index in [1.807, 2.05) is 0 Å². The molecule has 18 heavy (non-hydrogen) atoms. The molecule has 1 aliphatic heterocycles. The summed E-state index contributed by atoms with van der Waals surface area (Å²) in [5, 5.41) is 0. The van der Waals surface area contributed by atoms with Crippen LogP contribution in [0.25, 0.3) is 0 Å². The quantitative estimate of drug-likeness (QED) is 0.817. The van der Waals surface area contributed by atoms with E-state index in [1.165, 1.54) is 0 Å². The van der Waals surface area contributed by atoms with Crippen molar-refractivity contribution in [1.82, 2.24) is 9.80 Å². The largest absolute Gasteiger partial charge is 0.298 e. The number of benzene rings is 1. The lowest BCUT2D eigenvalue weighted by molar-refractivity contribution is 0.103. The Balaban J connectivity index is 1.94. The fourth-order valence-electron chi connectivity index (χ4n) is 2.35. The molecule has 0 radical (unpaired) electrons. The van der Waals surface area contributed by atoms with Crippen LogP contribution in [0.4, 0.5) is 8.78 Å². The minimum Gasteiger partial charge on any atom is -0.298 e. The van der Waals surface area contributed by atoms with Crippen molar-refractivity contribution >= 4 is 0 Å². The van der Waals surface area contributed by atoms with E-state index in [-0.39, 0.29) is 0 Å². The fraction of sp³-hybridized carbons (Fsp3) is 0.571. The summed E-state index contributed by atoms with van der Waals surface area (Å²) in [4.78, 5) is 4.58. The van der Waals surface area contributed by atoms with Gasteiger partial charge in [0, 0.05) is 44.3 Å². The maximum absolute atomic E-state index is 13.5. The van der Waals surface area contributed by atoms with E-state index < -0.39 is 11.6 Å². The number of halogens is 2. The molecule has 1 heterocycles. The summed E-state index contributed by atoms with van der Waals surface area (Å²) in [5.41, 5.74) is 0.452. The lowest BCUT2D eigenvalue weighted by Crippen LogP contribution is -2.48. The molecule has 0 N–H and O–H groups in total. The van der Waals surface area contributed by atoms with Crippen molar-refractivity contribution in [2.45, 2.75) is 26.4 Å². The standard InChI is InChI=1S/C14H20F2N2/c1-11(2)18-8-6-17(7-9-18)10-12-4-3-5-13(15)14(12)16/h3-5,11H,6-10H2,1-2H3. The first-order valence-corrected chi connectivity index (χ1v) is 6.47. The van der Waals surface area contributed by atoms with Crippen molar-refractivity contribution in [3.8, 4) is 0 Å². The molecule has 1 aromatic carbocycles. The summed E-state index contributed by atoms with van der Waals surface area (Å²) < 4.78 is 26.6. The number of rotatable bonds is 3. The first-order chi connectivity index (χ1) is 8.58. The highest BCUT2D eigenvalue weighted by Crippen LogP contribution is 2.15. The van der Waals surface area contributed by atoms with Crippen molar-refractivity contribution < 1.29 is 8.78 Å². The summed E-state index contributed by atoms with van der Waals surface area (Å²) in [6, 6.07) is 4.94. The van der Waals surface area contributed by atoms with Crippen molar-refractivity contribution in [1.29, 1.82) is 0 Å². The zero-order chi connectivity index (χ0) is 13.1. The fourth-order valence-corrected chi connectivity index (χ4v) is 2.35. The van der Waals surface area contributed by atoms with Crippen LogP contribution in [0, 0.1) is 11.6 Å². The van der Waals surface area contributed by atoms with Crippen LogP contribution in [-0.2, 0) is 6.54 Å². The summed E-state index contributed by atoms with van der Waals surface area (Å²) >= 11 is 0. The number of piperazine rings is 1. The molecule has 0 aromatic heterocycles. The van der Waals surface area contributed by atoms with Gasteiger partial charge in [-0.25, -0.2) is 8.78 Å². The van der Waals surface area contributed by atoms with Gasteiger partial charge in [0.2, 0.25) is 0 Å². The zero-order valence-corrected chi connectivity index (χ0v) is 11.0. The Hall–Kier alpha value is -1.00. The minimum atomic E-state index is -0.756. The maximum atomic E-state index is 13.5. The van der Waals surface area contributed by atoms with E-state index in [9.17, 15) is 8.78 Å². The molecule has 0 spiro atoms. The third-order valence-corrected chi connectivity index (χ3v) is 3.56. The summed E-state index contributed by atoms with van der Waals surface area (Å²) in [6.45, 7) is 8.67. The summed E-state index contributed by atoms with van der Waals surface area (Å²) in [7, 11) is 0. The van der Waals surface area contributed by atoms with Gasteiger partial charge in [0.15, 0.2) is 11.6 Å². The SMILES string of the molecule is CC(C)N1CCN(Cc2cccc(F)c2F)CC1. The van der Waals surface area contributed by atoms with Crippen LogP contribution in [0.15, 0.2) is 18.2 Å². The van der Waals surface area contributed by atoms with E-state index in [1.54, 1.807) is 12.1 Å². The van der Waals surface area contributed by atoms with Crippen LogP contribution >= 0.6 is 0 Å². The van der Waals surface area contributed by atoms with Crippen LogP contribution in [0.5, 0.6) is 0 Å². The topological polar surface area (TPSA) is 6.48 Å². The van der Waals surface area contributed by atoms with E-state index in [2.05, 4.69) is 23.6 Å². The zero-order valence-electron chi connectivity index (χ0n) is 11.0. The Labute approximate surface area is 107 Å². The third-order valence-electron chi connectivity index (χ3n) is 3.56. The Bertz CT molecular complexity index is 399. The molecular formula is C14H20F2N2. The third kappa shape index (κ3) is 3.06. The molecule has 1 aliphatic rings. The highest BCUT2D eigenvalue weighted by atomic mass is 19.2. The van der Waals surface area contributed by atoms with Gasteiger partial charge in [-0.05, 0) is 19.9 Å². The van der Waals surface area contributed by atoms with Crippen molar-refractivity contribution in [3.63, 3.8) is 0 Å². The Kier molecular flexibility index (Phi) is 4.30. The van der Waals surface area contributed by atoms with E-state index in [0.717, 1.165) is 32.2 Å². The molecule has 0 saturated carbocycles. The first-order valence-electron chi connectivity index (χ1n) is 6.47. The molecule has 0 bridgehead atoms. The normalized spacial score (nSPS) is 18.5. The molecule has 4 heteroatoms. The summed E-state index contributed by atoms with van der Waals surface area (Å²) in [5.74, 6) is -1.46. The molecule has 2 rings (SSSR count). The van der Waals surface area contributed by atoms with Crippen LogP contribution in [0.2, 0.25) is 0 Å². The van der Waals surface area contributed by atoms with Crippen LogP contribution in [0.3, 0.4) is 0 Å². The molecule has 1 fully saturated rings. The highest BCUT2D eigenvalue weighted by molar-refractivity contribution is 5.18. The second-order valence-corrected chi connectivity index (χ2v) is 5.12. The molecule has 1 aromatic rings. The van der Waals surface area contributed by atoms with E-state index in [4.69, 9.17) is 0 Å². The maximum Gasteiger partial charge on any atom is 0.163 e. The number of nitrogens with zero attached hydrogens (tertiary/aromatic N) is 2. The lowest BCUT2D eigenvalue weighted by atomic mass is 10.1. The van der Waals surface area contributed by atoms with Crippen molar-refractivity contribution in [2.24, 2.45) is 0 Å². The average molecular weight is 254 g/mol. The number of hydrogen-bond acceptors (Lipinski definition) is 2. The second-order valence-electron chi connectivity index (χ2n) is 5.12. The molecule has 1 saturated heterocycles. The Morgan fingerprint density at radius 1 is 1.11 bits per heavy atom. The molecular weight excluding hydrogens is 234 g/mol. The van der Waals surface area contributed by atoms with Crippen LogP contribution in [0.1, 0.15) is 19.4 Å². The molecule has 0 aliphatic carbocycles. The van der Waals surface area contributed by atoms with Crippen molar-refractivity contribution in [2.75, 3.05) is 26.2 Å². The highest BCUT2D eigenvalue weighted by Gasteiger charge is 2.20. The van der Waals surface area contributed by atoms with Crippen LogP contribution in [-0.4, -0.2) is 42.0 Å². The van der Waals surface area contributed by atoms with Gasteiger partial charge in [0.05, 0.1) is 0 Å². The lowest BCUT2D eigenvalue weighted by Gasteiger charge is -2.36. The van der Waals surface area contributed by atoms with Crippen LogP contribution < -0.4 is 0 Å². The Morgan fingerprint density at radius 3 is 2.39 bits per heavy atom. The molecule has 0 unspecified atom stereocenters. The monoisotopic (exact) mass is 254 g/mol. The predicted octanol–water partition coefficient (Wildman–Crippen LogP) is 2.49. The Morgan fingerprint density at radius 2 is 1.78 bits per heavy atom. The van der Waals surface area contributed by atoms with E-state index in [0.29, 0.717) is 18.2 Å². The van der Waals surface area contributed by atoms with Gasteiger partial charge < -0.3 is 0 Å². The van der Waals surface area contributed by atoms with E-state index >= 15 is 0 Å². The smallest absolute Gasteiger partial charge is 0.163 e. The minimum absolute atomic E-state index is 0.452. The van der Waals surface area contributed by atoms with Gasteiger partial charge >= 0.3 is 0 Å². The second kappa shape index (κ2) is 5.76. The molecule has 2 nitrogen and oxygen atoms in total. The van der Waals surface area contributed by atoms with Crippen molar-refractivity contribution in [3.05, 3.63) is 35.4 Å². The summed E-state index contributed by atoms with van der Waals surface area (Å²) in [6.07, 6.45) is 0. The van der Waals surface area contributed by atoms with Gasteiger partial charge in [0.25, 0.3) is 0 Å². The predicted molar refractivity (Wildman–Crippen MR) is 68.3 cm³/mol. The number of hydrogen-bond donors (Lipinski definition) is 0. The first kappa shape index (κ1) is 13.4.